The van der Waals surface area contributed by atoms with Crippen molar-refractivity contribution in [2.75, 3.05) is 16.9 Å². The van der Waals surface area contributed by atoms with Gasteiger partial charge in [-0.25, -0.2) is 0 Å². The normalized spacial score (nSPS) is 25.9. The summed E-state index contributed by atoms with van der Waals surface area (Å²) in [5.74, 6) is 0. The first kappa shape index (κ1) is 13.5. The van der Waals surface area contributed by atoms with Crippen molar-refractivity contribution in [3.63, 3.8) is 0 Å². The second kappa shape index (κ2) is 4.17. The zero-order valence-electron chi connectivity index (χ0n) is 13.3. The van der Waals surface area contributed by atoms with E-state index in [-0.39, 0.29) is 18.3 Å². The van der Waals surface area contributed by atoms with Crippen LogP contribution in [0.2, 0.25) is 0 Å². The predicted octanol–water partition coefficient (Wildman–Crippen LogP) is 2.34. The minimum atomic E-state index is -0.287. The van der Waals surface area contributed by atoms with Crippen LogP contribution >= 0.6 is 0 Å². The highest BCUT2D eigenvalue weighted by atomic mass is 16.7. The molecule has 2 aliphatic heterocycles. The Bertz CT molecular complexity index is 568. The first-order valence-electron chi connectivity index (χ1n) is 7.87. The summed E-state index contributed by atoms with van der Waals surface area (Å²) in [5.41, 5.74) is 3.06. The lowest BCUT2D eigenvalue weighted by molar-refractivity contribution is 0.00578. The largest absolute Gasteiger partial charge is 0.494 e. The molecule has 21 heavy (non-hydrogen) atoms. The molecule has 2 fully saturated rings. The average Bonchev–Trinajstić information content (AvgIpc) is 3.11. The van der Waals surface area contributed by atoms with E-state index in [0.29, 0.717) is 6.04 Å². The maximum absolute atomic E-state index is 6.16. The van der Waals surface area contributed by atoms with Crippen molar-refractivity contribution < 1.29 is 9.31 Å². The summed E-state index contributed by atoms with van der Waals surface area (Å²) >= 11 is 0. The smallest absolute Gasteiger partial charge is 0.399 e. The maximum atomic E-state index is 6.16. The molecule has 4 nitrogen and oxygen atoms in total. The molecular formula is C16H23BN2O2. The summed E-state index contributed by atoms with van der Waals surface area (Å²) in [6.07, 6.45) is 2.61. The molecular weight excluding hydrogens is 263 g/mol. The quantitative estimate of drug-likeness (QED) is 0.846. The van der Waals surface area contributed by atoms with Gasteiger partial charge in [-0.05, 0) is 58.1 Å². The topological polar surface area (TPSA) is 33.7 Å². The van der Waals surface area contributed by atoms with E-state index in [1.54, 1.807) is 0 Å². The molecule has 1 saturated carbocycles. The van der Waals surface area contributed by atoms with Crippen molar-refractivity contribution in [1.82, 2.24) is 0 Å². The van der Waals surface area contributed by atoms with Crippen molar-refractivity contribution in [2.45, 2.75) is 57.8 Å². The molecule has 112 valence electrons. The number of benzene rings is 1. The number of hydrogen-bond donors (Lipinski definition) is 1. The monoisotopic (exact) mass is 286 g/mol. The molecule has 0 radical (unpaired) electrons. The highest BCUT2D eigenvalue weighted by Gasteiger charge is 2.52. The fourth-order valence-corrected chi connectivity index (χ4v) is 3.03. The Morgan fingerprint density at radius 2 is 1.81 bits per heavy atom. The number of hydrogen-bond acceptors (Lipinski definition) is 4. The van der Waals surface area contributed by atoms with Gasteiger partial charge >= 0.3 is 7.12 Å². The predicted molar refractivity (Wildman–Crippen MR) is 86.1 cm³/mol. The Balaban J connectivity index is 1.64. The van der Waals surface area contributed by atoms with E-state index >= 15 is 0 Å². The van der Waals surface area contributed by atoms with Crippen molar-refractivity contribution in [2.24, 2.45) is 0 Å². The van der Waals surface area contributed by atoms with Crippen LogP contribution < -0.4 is 15.7 Å². The Hall–Kier alpha value is -1.20. The molecule has 0 amide bonds. The second-order valence-corrected chi connectivity index (χ2v) is 7.40. The summed E-state index contributed by atoms with van der Waals surface area (Å²) in [7, 11) is -0.276. The third-order valence-corrected chi connectivity index (χ3v) is 5.28. The van der Waals surface area contributed by atoms with E-state index in [4.69, 9.17) is 9.31 Å². The van der Waals surface area contributed by atoms with Gasteiger partial charge < -0.3 is 19.5 Å². The van der Waals surface area contributed by atoms with E-state index in [9.17, 15) is 0 Å². The van der Waals surface area contributed by atoms with Gasteiger partial charge in [0.1, 0.15) is 0 Å². The second-order valence-electron chi connectivity index (χ2n) is 7.40. The van der Waals surface area contributed by atoms with Crippen molar-refractivity contribution in [3.8, 4) is 0 Å². The molecule has 1 saturated heterocycles. The Labute approximate surface area is 126 Å². The third kappa shape index (κ3) is 2.06. The molecule has 0 atom stereocenters. The number of fused-ring (bicyclic) bond motifs is 1. The molecule has 4 rings (SSSR count). The first-order chi connectivity index (χ1) is 9.87. The summed E-state index contributed by atoms with van der Waals surface area (Å²) in [4.78, 5) is 2.46. The minimum absolute atomic E-state index is 0.276. The molecule has 1 aromatic carbocycles. The van der Waals surface area contributed by atoms with Crippen molar-refractivity contribution in [3.05, 3.63) is 18.2 Å². The van der Waals surface area contributed by atoms with Crippen LogP contribution in [0.25, 0.3) is 0 Å². The highest BCUT2D eigenvalue weighted by molar-refractivity contribution is 6.62. The van der Waals surface area contributed by atoms with Crippen LogP contribution in [0.4, 0.5) is 11.4 Å². The standard InChI is InChI=1S/C16H23BN2O2/c1-15(2)16(3,4)21-17(20-15)11-5-8-13-14(9-11)19(10-18-13)12-6-7-12/h5,8-9,12,18H,6-7,10H2,1-4H3. The van der Waals surface area contributed by atoms with Crippen LogP contribution in [-0.2, 0) is 9.31 Å². The van der Waals surface area contributed by atoms with Crippen LogP contribution in [-0.4, -0.2) is 31.0 Å². The molecule has 1 aromatic rings. The summed E-state index contributed by atoms with van der Waals surface area (Å²) in [6, 6.07) is 7.21. The van der Waals surface area contributed by atoms with E-state index < -0.39 is 0 Å². The molecule has 0 unspecified atom stereocenters. The summed E-state index contributed by atoms with van der Waals surface area (Å²) in [6.45, 7) is 9.31. The SMILES string of the molecule is CC1(C)OB(c2ccc3c(c2)N(C2CC2)CN3)OC1(C)C. The Morgan fingerprint density at radius 3 is 2.43 bits per heavy atom. The Morgan fingerprint density at radius 1 is 1.14 bits per heavy atom. The number of anilines is 2. The molecule has 0 aromatic heterocycles. The van der Waals surface area contributed by atoms with Gasteiger partial charge in [-0.15, -0.1) is 0 Å². The third-order valence-electron chi connectivity index (χ3n) is 5.28. The molecule has 2 heterocycles. The van der Waals surface area contributed by atoms with Gasteiger partial charge in [0.05, 0.1) is 29.2 Å². The Kier molecular flexibility index (Phi) is 2.67. The number of nitrogens with one attached hydrogen (secondary N) is 1. The number of nitrogens with zero attached hydrogens (tertiary/aromatic N) is 1. The molecule has 1 aliphatic carbocycles. The summed E-state index contributed by atoms with van der Waals surface area (Å²) in [5, 5.41) is 3.47. The van der Waals surface area contributed by atoms with Crippen LogP contribution in [0.15, 0.2) is 18.2 Å². The lowest BCUT2D eigenvalue weighted by Gasteiger charge is -2.32. The van der Waals surface area contributed by atoms with Crippen LogP contribution in [0.3, 0.4) is 0 Å². The van der Waals surface area contributed by atoms with E-state index in [1.165, 1.54) is 24.2 Å². The highest BCUT2D eigenvalue weighted by Crippen LogP contribution is 2.40. The molecule has 1 N–H and O–H groups in total. The maximum Gasteiger partial charge on any atom is 0.494 e. The van der Waals surface area contributed by atoms with Gasteiger partial charge in [0.25, 0.3) is 0 Å². The van der Waals surface area contributed by atoms with Crippen molar-refractivity contribution in [1.29, 1.82) is 0 Å². The van der Waals surface area contributed by atoms with Gasteiger partial charge in [0, 0.05) is 6.04 Å². The zero-order valence-corrected chi connectivity index (χ0v) is 13.3. The molecule has 0 spiro atoms. The van der Waals surface area contributed by atoms with Gasteiger partial charge in [-0.2, -0.15) is 0 Å². The van der Waals surface area contributed by atoms with E-state index in [2.05, 4.69) is 56.1 Å². The zero-order chi connectivity index (χ0) is 14.8. The molecule has 0 bridgehead atoms. The fraction of sp³-hybridized carbons (Fsp3) is 0.625. The van der Waals surface area contributed by atoms with Gasteiger partial charge in [-0.1, -0.05) is 6.07 Å². The molecule has 5 heteroatoms. The van der Waals surface area contributed by atoms with Gasteiger partial charge in [0.2, 0.25) is 0 Å². The van der Waals surface area contributed by atoms with Crippen LogP contribution in [0.1, 0.15) is 40.5 Å². The average molecular weight is 286 g/mol. The first-order valence-corrected chi connectivity index (χ1v) is 7.87. The van der Waals surface area contributed by atoms with Gasteiger partial charge in [0.15, 0.2) is 0 Å². The van der Waals surface area contributed by atoms with Gasteiger partial charge in [-0.3, -0.25) is 0 Å². The fourth-order valence-electron chi connectivity index (χ4n) is 3.03. The lowest BCUT2D eigenvalue weighted by Crippen LogP contribution is -2.41. The number of rotatable bonds is 2. The lowest BCUT2D eigenvalue weighted by atomic mass is 9.79. The van der Waals surface area contributed by atoms with Crippen molar-refractivity contribution >= 4 is 24.0 Å². The van der Waals surface area contributed by atoms with Crippen LogP contribution in [0.5, 0.6) is 0 Å². The van der Waals surface area contributed by atoms with E-state index in [0.717, 1.165) is 12.1 Å². The summed E-state index contributed by atoms with van der Waals surface area (Å²) < 4.78 is 12.3. The minimum Gasteiger partial charge on any atom is -0.399 e. The van der Waals surface area contributed by atoms with Crippen LogP contribution in [0, 0.1) is 0 Å². The molecule has 3 aliphatic rings. The van der Waals surface area contributed by atoms with E-state index in [1.807, 2.05) is 0 Å².